The summed E-state index contributed by atoms with van der Waals surface area (Å²) in [5.41, 5.74) is 0. The smallest absolute Gasteiger partial charge is 0.281 e. The van der Waals surface area contributed by atoms with Gasteiger partial charge in [0, 0.05) is 6.42 Å². The molecule has 0 aromatic heterocycles. The predicted molar refractivity (Wildman–Crippen MR) is 70.1 cm³/mol. The van der Waals surface area contributed by atoms with Crippen LogP contribution in [0.25, 0.3) is 0 Å². The summed E-state index contributed by atoms with van der Waals surface area (Å²) in [6, 6.07) is 0. The van der Waals surface area contributed by atoms with E-state index in [0.717, 1.165) is 19.3 Å². The lowest BCUT2D eigenvalue weighted by Gasteiger charge is -2.36. The van der Waals surface area contributed by atoms with E-state index in [9.17, 15) is 24.2 Å². The van der Waals surface area contributed by atoms with Crippen LogP contribution in [0.4, 0.5) is 19.4 Å². The van der Waals surface area contributed by atoms with Gasteiger partial charge >= 0.3 is 10.2 Å². The van der Waals surface area contributed by atoms with E-state index in [2.05, 4.69) is 0 Å². The van der Waals surface area contributed by atoms with E-state index in [-0.39, 0.29) is 11.7 Å². The van der Waals surface area contributed by atoms with Crippen molar-refractivity contribution in [2.45, 2.75) is 51.4 Å². The van der Waals surface area contributed by atoms with Crippen molar-refractivity contribution in [3.05, 3.63) is 11.5 Å². The Hall–Kier alpha value is -0.300. The van der Waals surface area contributed by atoms with Crippen molar-refractivity contribution < 1.29 is 24.2 Å². The summed E-state index contributed by atoms with van der Waals surface area (Å²) in [6.07, 6.45) is 5.13. The van der Waals surface area contributed by atoms with Crippen molar-refractivity contribution in [3.8, 4) is 0 Å². The van der Waals surface area contributed by atoms with Crippen LogP contribution in [0, 0.1) is 0 Å². The molecule has 116 valence electrons. The summed E-state index contributed by atoms with van der Waals surface area (Å²) in [5, 5.41) is -1.26. The Morgan fingerprint density at radius 1 is 0.895 bits per heavy atom. The number of hydrogen-bond acceptors (Lipinski definition) is 1. The predicted octanol–water partition coefficient (Wildman–Crippen LogP) is 6.68. The van der Waals surface area contributed by atoms with Gasteiger partial charge in [0.1, 0.15) is 0 Å². The second kappa shape index (κ2) is 6.43. The third-order valence-electron chi connectivity index (χ3n) is 2.35. The van der Waals surface area contributed by atoms with Gasteiger partial charge in [0.15, 0.2) is 0 Å². The van der Waals surface area contributed by atoms with E-state index in [4.69, 9.17) is 11.6 Å². The van der Waals surface area contributed by atoms with Crippen molar-refractivity contribution in [3.63, 3.8) is 0 Å². The number of hydrogen-bond donors (Lipinski definition) is 0. The Morgan fingerprint density at radius 2 is 1.37 bits per heavy atom. The van der Waals surface area contributed by atoms with Gasteiger partial charge in [-0.15, -0.1) is 0 Å². The first-order valence-electron chi connectivity index (χ1n) is 6.00. The lowest BCUT2D eigenvalue weighted by Crippen LogP contribution is -1.98. The number of allylic oxidation sites excluding steroid dienone is 1. The Morgan fingerprint density at radius 3 is 1.84 bits per heavy atom. The van der Waals surface area contributed by atoms with Crippen molar-refractivity contribution in [2.24, 2.45) is 0 Å². The number of carbonyl (C=O) groups is 1. The van der Waals surface area contributed by atoms with Gasteiger partial charge in [-0.25, -0.2) is 0 Å². The fourth-order valence-electron chi connectivity index (χ4n) is 1.48. The molecule has 1 nitrogen and oxygen atoms in total. The van der Waals surface area contributed by atoms with Crippen LogP contribution in [0.5, 0.6) is 0 Å². The largest absolute Gasteiger partial charge is 0.304 e. The maximum absolute atomic E-state index is 11.9. The highest BCUT2D eigenvalue weighted by molar-refractivity contribution is 8.48. The highest BCUT2D eigenvalue weighted by Crippen LogP contribution is 2.98. The van der Waals surface area contributed by atoms with E-state index in [1.165, 1.54) is 0 Å². The lowest BCUT2D eigenvalue weighted by atomic mass is 10.1. The highest BCUT2D eigenvalue weighted by Gasteiger charge is 2.60. The lowest BCUT2D eigenvalue weighted by molar-refractivity contribution is -0.111. The molecule has 0 saturated carbocycles. The summed E-state index contributed by atoms with van der Waals surface area (Å²) < 4.78 is 59.4. The fourth-order valence-corrected chi connectivity index (χ4v) is 2.12. The summed E-state index contributed by atoms with van der Waals surface area (Å²) in [5.74, 6) is 0. The molecule has 8 heteroatoms. The minimum atomic E-state index is -9.37. The maximum atomic E-state index is 11.9. The summed E-state index contributed by atoms with van der Waals surface area (Å²) in [7, 11) is -9.37. The summed E-state index contributed by atoms with van der Waals surface area (Å²) in [6.45, 7) is 0. The zero-order valence-electron chi connectivity index (χ0n) is 10.4. The molecular weight excluding hydrogens is 311 g/mol. The number of halogens is 6. The minimum absolute atomic E-state index is 0.00817. The van der Waals surface area contributed by atoms with Gasteiger partial charge in [-0.1, -0.05) is 51.2 Å². The Bertz CT molecular complexity index is 324. The second-order valence-corrected chi connectivity index (χ2v) is 7.17. The molecule has 0 bridgehead atoms. The molecule has 0 unspecified atom stereocenters. The van der Waals surface area contributed by atoms with E-state index < -0.39 is 15.6 Å². The van der Waals surface area contributed by atoms with E-state index in [0.29, 0.717) is 31.8 Å². The van der Waals surface area contributed by atoms with E-state index in [1.807, 2.05) is 0 Å². The summed E-state index contributed by atoms with van der Waals surface area (Å²) >= 11 is 5.14. The van der Waals surface area contributed by atoms with Gasteiger partial charge in [-0.05, 0) is 30.9 Å². The van der Waals surface area contributed by atoms with Gasteiger partial charge in [-0.3, -0.25) is 4.79 Å². The fraction of sp³-hybridized carbons (Fsp3) is 0.727. The molecule has 0 radical (unpaired) electrons. The molecular formula is C11H18ClF5OS. The van der Waals surface area contributed by atoms with Crippen LogP contribution in [-0.2, 0) is 4.79 Å². The molecule has 0 aliphatic rings. The minimum Gasteiger partial charge on any atom is -0.281 e. The van der Waals surface area contributed by atoms with Crippen LogP contribution in [0.15, 0.2) is 11.5 Å². The first-order chi connectivity index (χ1) is 8.39. The monoisotopic (exact) mass is 328 g/mol. The molecule has 19 heavy (non-hydrogen) atoms. The molecule has 0 aliphatic carbocycles. The molecule has 0 rings (SSSR count). The van der Waals surface area contributed by atoms with Crippen molar-refractivity contribution in [1.29, 1.82) is 0 Å². The summed E-state index contributed by atoms with van der Waals surface area (Å²) in [4.78, 5) is 10.4. The third kappa shape index (κ3) is 17.7. The van der Waals surface area contributed by atoms with Crippen molar-refractivity contribution >= 4 is 27.1 Å². The molecule has 0 heterocycles. The first kappa shape index (κ1) is 18.7. The van der Waals surface area contributed by atoms with Gasteiger partial charge in [0.25, 0.3) is 0 Å². The van der Waals surface area contributed by atoms with Gasteiger partial charge in [0.2, 0.25) is 5.24 Å². The van der Waals surface area contributed by atoms with Gasteiger partial charge in [-0.2, -0.15) is 0 Å². The zero-order valence-corrected chi connectivity index (χ0v) is 12.0. The number of unbranched alkanes of at least 4 members (excludes halogenated alkanes) is 6. The number of rotatable bonds is 10. The molecule has 0 amide bonds. The maximum Gasteiger partial charge on any atom is 0.304 e. The molecule has 0 fully saturated rings. The van der Waals surface area contributed by atoms with Crippen molar-refractivity contribution in [2.75, 3.05) is 0 Å². The SMILES string of the molecule is O=C(Cl)CCCCCCCC/C=C/S(F)(F)(F)(F)F. The molecule has 0 saturated heterocycles. The van der Waals surface area contributed by atoms with Gasteiger partial charge < -0.3 is 0 Å². The first-order valence-corrected chi connectivity index (χ1v) is 8.39. The second-order valence-electron chi connectivity index (χ2n) is 4.42. The van der Waals surface area contributed by atoms with Crippen LogP contribution in [0.2, 0.25) is 0 Å². The Balaban J connectivity index is 3.53. The third-order valence-corrected chi connectivity index (χ3v) is 3.24. The molecule has 0 aromatic carbocycles. The van der Waals surface area contributed by atoms with Crippen LogP contribution in [0.1, 0.15) is 51.4 Å². The standard InChI is InChI=1S/C11H18ClF5OS/c12-11(18)9-7-5-3-1-2-4-6-8-10-19(13,14,15,16)17/h8,10H,1-7,9H2/b10-8+. The van der Waals surface area contributed by atoms with Crippen LogP contribution < -0.4 is 0 Å². The molecule has 0 spiro atoms. The van der Waals surface area contributed by atoms with Crippen LogP contribution in [-0.4, -0.2) is 5.24 Å². The Kier molecular flexibility index (Phi) is 6.33. The van der Waals surface area contributed by atoms with E-state index >= 15 is 0 Å². The average Bonchev–Trinajstić information content (AvgIpc) is 2.17. The molecule has 0 aliphatic heterocycles. The van der Waals surface area contributed by atoms with Gasteiger partial charge in [0.05, 0.1) is 5.41 Å². The highest BCUT2D eigenvalue weighted by atomic mass is 35.5. The normalized spacial score (nSPS) is 16.3. The zero-order chi connectivity index (χ0) is 15.1. The molecule has 0 aromatic rings. The quantitative estimate of drug-likeness (QED) is 0.248. The molecule has 0 atom stereocenters. The van der Waals surface area contributed by atoms with E-state index in [1.54, 1.807) is 0 Å². The van der Waals surface area contributed by atoms with Crippen molar-refractivity contribution in [1.82, 2.24) is 0 Å². The van der Waals surface area contributed by atoms with Crippen LogP contribution in [0.3, 0.4) is 0 Å². The average molecular weight is 329 g/mol. The topological polar surface area (TPSA) is 17.1 Å². The number of carbonyl (C=O) groups excluding carboxylic acids is 1. The molecule has 0 N–H and O–H groups in total. The Labute approximate surface area is 114 Å². The van der Waals surface area contributed by atoms with Crippen LogP contribution >= 0.6 is 21.8 Å².